The molecule has 14 heavy (non-hydrogen) atoms. The van der Waals surface area contributed by atoms with Crippen molar-refractivity contribution >= 4 is 18.8 Å². The Kier molecular flexibility index (Phi) is 3.29. The van der Waals surface area contributed by atoms with Crippen molar-refractivity contribution in [3.05, 3.63) is 27.9 Å². The first-order valence-corrected chi connectivity index (χ1v) is 4.43. The molecular weight excluding hydrogens is 204 g/mol. The molecule has 76 valence electrons. The highest BCUT2D eigenvalue weighted by atomic mass is 32.1. The van der Waals surface area contributed by atoms with Gasteiger partial charge < -0.3 is 4.74 Å². The van der Waals surface area contributed by atoms with Crippen LogP contribution >= 0.6 is 12.8 Å². The van der Waals surface area contributed by atoms with E-state index in [4.69, 9.17) is 4.74 Å². The Morgan fingerprint density at radius 2 is 2.36 bits per heavy atom. The van der Waals surface area contributed by atoms with Gasteiger partial charge >= 0.3 is 11.7 Å². The summed E-state index contributed by atoms with van der Waals surface area (Å²) in [5.41, 5.74) is 0.0825. The van der Waals surface area contributed by atoms with Gasteiger partial charge in [-0.1, -0.05) is 12.8 Å². The van der Waals surface area contributed by atoms with E-state index in [2.05, 4.69) is 17.8 Å². The van der Waals surface area contributed by atoms with Gasteiger partial charge in [-0.15, -0.1) is 0 Å². The number of aromatic nitrogens is 2. The molecule has 0 amide bonds. The molecule has 0 spiro atoms. The van der Waals surface area contributed by atoms with E-state index < -0.39 is 11.7 Å². The van der Waals surface area contributed by atoms with Crippen LogP contribution in [0.5, 0.6) is 0 Å². The molecule has 0 saturated carbocycles. The average molecular weight is 214 g/mol. The number of aryl methyl sites for hydroxylation is 1. The summed E-state index contributed by atoms with van der Waals surface area (Å²) in [4.78, 5) is 25.9. The molecule has 1 aromatic heterocycles. The molecule has 0 aliphatic rings. The maximum absolute atomic E-state index is 11.3. The second kappa shape index (κ2) is 4.28. The van der Waals surface area contributed by atoms with Crippen molar-refractivity contribution in [1.29, 1.82) is 0 Å². The van der Waals surface area contributed by atoms with Crippen LogP contribution in [0.1, 0.15) is 23.0 Å². The summed E-state index contributed by atoms with van der Waals surface area (Å²) in [5.74, 6) is -0.500. The highest BCUT2D eigenvalue weighted by Crippen LogP contribution is 2.04. The molecule has 0 radical (unpaired) electrons. The van der Waals surface area contributed by atoms with E-state index in [0.29, 0.717) is 5.69 Å². The zero-order valence-corrected chi connectivity index (χ0v) is 8.75. The monoisotopic (exact) mass is 214 g/mol. The van der Waals surface area contributed by atoms with Crippen LogP contribution in [0, 0.1) is 6.92 Å². The largest absolute Gasteiger partial charge is 0.462 e. The second-order valence-corrected chi connectivity index (χ2v) is 3.02. The van der Waals surface area contributed by atoms with Gasteiger partial charge in [-0.05, 0) is 13.8 Å². The van der Waals surface area contributed by atoms with Gasteiger partial charge in [0.1, 0.15) is 0 Å². The lowest BCUT2D eigenvalue weighted by atomic mass is 10.2. The SMILES string of the molecule is CCOC(=O)c1cn(S)c(=O)nc1C. The summed E-state index contributed by atoms with van der Waals surface area (Å²) in [7, 11) is 0. The number of rotatable bonds is 2. The number of carbonyl (C=O) groups is 1. The fourth-order valence-electron chi connectivity index (χ4n) is 0.935. The van der Waals surface area contributed by atoms with Crippen LogP contribution in [-0.4, -0.2) is 21.5 Å². The first-order valence-electron chi connectivity index (χ1n) is 4.03. The third kappa shape index (κ3) is 2.14. The number of esters is 1. The Bertz CT molecular complexity index is 414. The highest BCUT2D eigenvalue weighted by molar-refractivity contribution is 7.78. The Labute approximate surface area is 86.3 Å². The predicted octanol–water partition coefficient (Wildman–Crippen LogP) is 0.421. The number of ether oxygens (including phenoxy) is 1. The fraction of sp³-hybridized carbons (Fsp3) is 0.375. The van der Waals surface area contributed by atoms with E-state index in [1.807, 2.05) is 0 Å². The molecule has 0 N–H and O–H groups in total. The summed E-state index contributed by atoms with van der Waals surface area (Å²) < 4.78 is 5.72. The molecule has 0 unspecified atom stereocenters. The first kappa shape index (κ1) is 10.8. The van der Waals surface area contributed by atoms with Crippen LogP contribution in [0.15, 0.2) is 11.0 Å². The second-order valence-electron chi connectivity index (χ2n) is 2.59. The molecule has 0 fully saturated rings. The van der Waals surface area contributed by atoms with Crippen molar-refractivity contribution in [1.82, 2.24) is 8.96 Å². The maximum atomic E-state index is 11.3. The lowest BCUT2D eigenvalue weighted by molar-refractivity contribution is 0.0524. The highest BCUT2D eigenvalue weighted by Gasteiger charge is 2.12. The molecular formula is C8H10N2O3S. The van der Waals surface area contributed by atoms with Crippen LogP contribution in [0.3, 0.4) is 0 Å². The Morgan fingerprint density at radius 1 is 1.71 bits per heavy atom. The van der Waals surface area contributed by atoms with Crippen molar-refractivity contribution in [2.75, 3.05) is 6.61 Å². The zero-order valence-electron chi connectivity index (χ0n) is 7.85. The third-order valence-corrected chi connectivity index (χ3v) is 1.88. The van der Waals surface area contributed by atoms with E-state index in [0.717, 1.165) is 3.97 Å². The van der Waals surface area contributed by atoms with Crippen molar-refractivity contribution in [3.8, 4) is 0 Å². The quantitative estimate of drug-likeness (QED) is 0.572. The van der Waals surface area contributed by atoms with Crippen LogP contribution < -0.4 is 5.69 Å². The van der Waals surface area contributed by atoms with E-state index in [9.17, 15) is 9.59 Å². The van der Waals surface area contributed by atoms with Gasteiger partial charge in [0.25, 0.3) is 0 Å². The van der Waals surface area contributed by atoms with Gasteiger partial charge in [-0.3, -0.25) is 0 Å². The van der Waals surface area contributed by atoms with E-state index in [1.54, 1.807) is 13.8 Å². The summed E-state index contributed by atoms with van der Waals surface area (Å²) in [6, 6.07) is 0. The van der Waals surface area contributed by atoms with E-state index in [-0.39, 0.29) is 12.2 Å². The molecule has 1 rings (SSSR count). The number of hydrogen-bond donors (Lipinski definition) is 1. The number of hydrogen-bond acceptors (Lipinski definition) is 5. The minimum atomic E-state index is -0.515. The van der Waals surface area contributed by atoms with Gasteiger partial charge in [0.2, 0.25) is 0 Å². The molecule has 5 nitrogen and oxygen atoms in total. The molecule has 1 aromatic rings. The van der Waals surface area contributed by atoms with E-state index >= 15 is 0 Å². The molecule has 1 heterocycles. The van der Waals surface area contributed by atoms with Crippen molar-refractivity contribution in [2.24, 2.45) is 0 Å². The topological polar surface area (TPSA) is 61.2 Å². The Hall–Kier alpha value is -1.30. The minimum Gasteiger partial charge on any atom is -0.462 e. The lowest BCUT2D eigenvalue weighted by Gasteiger charge is -2.04. The molecule has 6 heteroatoms. The van der Waals surface area contributed by atoms with Crippen LogP contribution in [0.25, 0.3) is 0 Å². The lowest BCUT2D eigenvalue weighted by Crippen LogP contribution is -2.21. The molecule has 0 atom stereocenters. The van der Waals surface area contributed by atoms with Crippen LogP contribution in [-0.2, 0) is 4.74 Å². The van der Waals surface area contributed by atoms with Crippen molar-refractivity contribution in [3.63, 3.8) is 0 Å². The van der Waals surface area contributed by atoms with Crippen molar-refractivity contribution < 1.29 is 9.53 Å². The maximum Gasteiger partial charge on any atom is 0.357 e. The number of nitrogens with zero attached hydrogens (tertiary/aromatic N) is 2. The molecule has 0 aromatic carbocycles. The molecule has 0 aliphatic heterocycles. The fourth-order valence-corrected chi connectivity index (χ4v) is 1.10. The first-order chi connectivity index (χ1) is 6.56. The van der Waals surface area contributed by atoms with Gasteiger partial charge in [-0.25, -0.2) is 13.6 Å². The smallest absolute Gasteiger partial charge is 0.357 e. The summed E-state index contributed by atoms with van der Waals surface area (Å²) in [6.07, 6.45) is 1.30. The molecule has 0 saturated heterocycles. The minimum absolute atomic E-state index is 0.251. The Morgan fingerprint density at radius 3 is 2.93 bits per heavy atom. The van der Waals surface area contributed by atoms with Crippen molar-refractivity contribution in [2.45, 2.75) is 13.8 Å². The normalized spacial score (nSPS) is 9.93. The summed E-state index contributed by atoms with van der Waals surface area (Å²) >= 11 is 3.81. The van der Waals surface area contributed by atoms with Gasteiger partial charge in [0.15, 0.2) is 0 Å². The predicted molar refractivity (Wildman–Crippen MR) is 53.6 cm³/mol. The summed E-state index contributed by atoms with van der Waals surface area (Å²) in [6.45, 7) is 3.56. The average Bonchev–Trinajstić information content (AvgIpc) is 2.11. The van der Waals surface area contributed by atoms with Crippen LogP contribution in [0.2, 0.25) is 0 Å². The number of thiol groups is 1. The van der Waals surface area contributed by atoms with Gasteiger partial charge in [0, 0.05) is 6.20 Å². The van der Waals surface area contributed by atoms with E-state index in [1.165, 1.54) is 6.20 Å². The molecule has 0 bridgehead atoms. The van der Waals surface area contributed by atoms with Gasteiger partial charge in [-0.2, -0.15) is 4.98 Å². The van der Waals surface area contributed by atoms with Crippen LogP contribution in [0.4, 0.5) is 0 Å². The number of carbonyl (C=O) groups excluding carboxylic acids is 1. The molecule has 0 aliphatic carbocycles. The Balaban J connectivity index is 3.16. The zero-order chi connectivity index (χ0) is 10.7. The summed E-state index contributed by atoms with van der Waals surface area (Å²) in [5, 5.41) is 0. The standard InChI is InChI=1S/C8H10N2O3S/c1-3-13-7(11)6-4-10(14)8(12)9-5(6)2/h4,14H,3H2,1-2H3. The third-order valence-electron chi connectivity index (χ3n) is 1.60. The van der Waals surface area contributed by atoms with Gasteiger partial charge in [0.05, 0.1) is 17.9 Å².